The molecule has 0 aromatic heterocycles. The molecule has 2 aliphatic rings. The van der Waals surface area contributed by atoms with Crippen molar-refractivity contribution in [1.29, 1.82) is 0 Å². The van der Waals surface area contributed by atoms with E-state index in [4.69, 9.17) is 11.6 Å². The van der Waals surface area contributed by atoms with Crippen molar-refractivity contribution in [3.05, 3.63) is 28.8 Å². The molecule has 1 saturated carbocycles. The summed E-state index contributed by atoms with van der Waals surface area (Å²) >= 11 is 5.88. The summed E-state index contributed by atoms with van der Waals surface area (Å²) in [4.78, 5) is 14.2. The van der Waals surface area contributed by atoms with Crippen LogP contribution in [0.1, 0.15) is 29.6 Å². The minimum Gasteiger partial charge on any atom is -0.507 e. The van der Waals surface area contributed by atoms with Crippen molar-refractivity contribution in [2.45, 2.75) is 19.3 Å². The smallest absolute Gasteiger partial charge is 0.257 e. The number of nitrogens with zero attached hydrogens (tertiary/aromatic N) is 1. The Morgan fingerprint density at radius 2 is 1.94 bits per heavy atom. The van der Waals surface area contributed by atoms with Crippen molar-refractivity contribution in [3.8, 4) is 5.75 Å². The number of hydrogen-bond acceptors (Lipinski definition) is 2. The molecule has 1 aromatic carbocycles. The van der Waals surface area contributed by atoms with Gasteiger partial charge < -0.3 is 10.0 Å². The van der Waals surface area contributed by atoms with Crippen molar-refractivity contribution in [2.75, 3.05) is 13.1 Å². The molecule has 1 saturated heterocycles. The van der Waals surface area contributed by atoms with Gasteiger partial charge in [0.1, 0.15) is 5.75 Å². The topological polar surface area (TPSA) is 40.5 Å². The number of phenolic OH excluding ortho intramolecular Hbond substituents is 1. The van der Waals surface area contributed by atoms with Crippen LogP contribution in [0.4, 0.5) is 0 Å². The van der Waals surface area contributed by atoms with Crippen LogP contribution in [-0.2, 0) is 0 Å². The number of carbonyl (C=O) groups is 1. The van der Waals surface area contributed by atoms with Crippen LogP contribution in [0.15, 0.2) is 18.2 Å². The van der Waals surface area contributed by atoms with Crippen molar-refractivity contribution in [1.82, 2.24) is 4.90 Å². The van der Waals surface area contributed by atoms with E-state index in [1.807, 2.05) is 4.90 Å². The largest absolute Gasteiger partial charge is 0.507 e. The summed E-state index contributed by atoms with van der Waals surface area (Å²) in [5.41, 5.74) is 0.322. The summed E-state index contributed by atoms with van der Waals surface area (Å²) in [5, 5.41) is 10.2. The normalized spacial score (nSPS) is 26.4. The number of amides is 1. The predicted molar refractivity (Wildman–Crippen MR) is 69.9 cm³/mol. The summed E-state index contributed by atoms with van der Waals surface area (Å²) in [5.74, 6) is 1.25. The van der Waals surface area contributed by atoms with E-state index in [9.17, 15) is 9.90 Å². The molecule has 2 unspecified atom stereocenters. The highest BCUT2D eigenvalue weighted by Gasteiger charge is 2.38. The molecular formula is C14H16ClNO2. The van der Waals surface area contributed by atoms with Gasteiger partial charge in [0.25, 0.3) is 5.91 Å². The first-order chi connectivity index (χ1) is 8.65. The summed E-state index contributed by atoms with van der Waals surface area (Å²) in [6.45, 7) is 1.66. The third-order valence-corrected chi connectivity index (χ3v) is 4.44. The zero-order chi connectivity index (χ0) is 12.7. The number of phenols is 1. The van der Waals surface area contributed by atoms with Crippen molar-refractivity contribution >= 4 is 17.5 Å². The monoisotopic (exact) mass is 265 g/mol. The maximum Gasteiger partial charge on any atom is 0.257 e. The number of fused-ring (bicyclic) bond motifs is 1. The van der Waals surface area contributed by atoms with Crippen LogP contribution in [0, 0.1) is 11.8 Å². The minimum absolute atomic E-state index is 0.0152. The second kappa shape index (κ2) is 4.47. The predicted octanol–water partition coefficient (Wildman–Crippen LogP) is 2.92. The van der Waals surface area contributed by atoms with Crippen LogP contribution in [0.3, 0.4) is 0 Å². The first kappa shape index (κ1) is 11.8. The van der Waals surface area contributed by atoms with Crippen LogP contribution in [0.5, 0.6) is 5.75 Å². The number of hydrogen-bond donors (Lipinski definition) is 1. The Morgan fingerprint density at radius 3 is 2.61 bits per heavy atom. The van der Waals surface area contributed by atoms with E-state index in [0.717, 1.165) is 13.1 Å². The lowest BCUT2D eigenvalue weighted by atomic mass is 10.0. The Kier molecular flexibility index (Phi) is 2.94. The van der Waals surface area contributed by atoms with Gasteiger partial charge in [-0.1, -0.05) is 18.0 Å². The molecule has 2 fully saturated rings. The summed E-state index contributed by atoms with van der Waals surface area (Å²) in [6.07, 6.45) is 3.76. The van der Waals surface area contributed by atoms with E-state index in [1.54, 1.807) is 12.1 Å². The van der Waals surface area contributed by atoms with E-state index in [1.165, 1.54) is 25.3 Å². The molecule has 1 aliphatic heterocycles. The van der Waals surface area contributed by atoms with Crippen molar-refractivity contribution in [3.63, 3.8) is 0 Å². The van der Waals surface area contributed by atoms with Gasteiger partial charge in [-0.3, -0.25) is 4.79 Å². The lowest BCUT2D eigenvalue weighted by molar-refractivity contribution is 0.0777. The average Bonchev–Trinajstić information content (AvgIpc) is 2.91. The van der Waals surface area contributed by atoms with Gasteiger partial charge in [0.05, 0.1) is 5.56 Å². The Labute approximate surface area is 111 Å². The molecule has 1 amide bonds. The fourth-order valence-corrected chi connectivity index (χ4v) is 3.42. The number of carbonyl (C=O) groups excluding carboxylic acids is 1. The average molecular weight is 266 g/mol. The van der Waals surface area contributed by atoms with Crippen LogP contribution in [0.25, 0.3) is 0 Å². The highest BCUT2D eigenvalue weighted by atomic mass is 35.5. The second-order valence-corrected chi connectivity index (χ2v) is 5.76. The number of rotatable bonds is 1. The molecule has 2 atom stereocenters. The molecule has 1 aliphatic carbocycles. The lowest BCUT2D eigenvalue weighted by Crippen LogP contribution is -2.29. The second-order valence-electron chi connectivity index (χ2n) is 5.32. The SMILES string of the molecule is O=C(c1cc(Cl)ccc1O)N1CC2CCCC2C1. The van der Waals surface area contributed by atoms with Crippen molar-refractivity contribution < 1.29 is 9.90 Å². The Hall–Kier alpha value is -1.22. The fourth-order valence-electron chi connectivity index (χ4n) is 3.25. The number of benzene rings is 1. The molecule has 0 radical (unpaired) electrons. The molecule has 3 rings (SSSR count). The molecule has 1 N–H and O–H groups in total. The van der Waals surface area contributed by atoms with E-state index in [2.05, 4.69) is 0 Å². The Morgan fingerprint density at radius 1 is 1.28 bits per heavy atom. The zero-order valence-corrected chi connectivity index (χ0v) is 10.9. The van der Waals surface area contributed by atoms with E-state index in [0.29, 0.717) is 22.4 Å². The highest BCUT2D eigenvalue weighted by molar-refractivity contribution is 6.31. The first-order valence-corrected chi connectivity index (χ1v) is 6.81. The Bertz CT molecular complexity index is 477. The van der Waals surface area contributed by atoms with Gasteiger partial charge >= 0.3 is 0 Å². The minimum atomic E-state index is -0.0931. The number of halogens is 1. The van der Waals surface area contributed by atoms with Gasteiger partial charge in [0, 0.05) is 18.1 Å². The molecule has 96 valence electrons. The van der Waals surface area contributed by atoms with Gasteiger partial charge in [-0.2, -0.15) is 0 Å². The molecule has 0 bridgehead atoms. The lowest BCUT2D eigenvalue weighted by Gasteiger charge is -2.18. The summed E-state index contributed by atoms with van der Waals surface area (Å²) in [7, 11) is 0. The van der Waals surface area contributed by atoms with Gasteiger partial charge in [-0.05, 0) is 42.9 Å². The maximum atomic E-state index is 12.4. The van der Waals surface area contributed by atoms with Gasteiger partial charge in [-0.15, -0.1) is 0 Å². The summed E-state index contributed by atoms with van der Waals surface area (Å²) < 4.78 is 0. The molecule has 3 nitrogen and oxygen atoms in total. The standard InChI is InChI=1S/C14H16ClNO2/c15-11-4-5-13(17)12(6-11)14(18)16-7-9-2-1-3-10(9)8-16/h4-6,9-10,17H,1-3,7-8H2. The molecule has 4 heteroatoms. The van der Waals surface area contributed by atoms with E-state index in [-0.39, 0.29) is 11.7 Å². The van der Waals surface area contributed by atoms with Gasteiger partial charge in [-0.25, -0.2) is 0 Å². The van der Waals surface area contributed by atoms with Crippen LogP contribution >= 0.6 is 11.6 Å². The highest BCUT2D eigenvalue weighted by Crippen LogP contribution is 2.38. The first-order valence-electron chi connectivity index (χ1n) is 6.43. The van der Waals surface area contributed by atoms with E-state index >= 15 is 0 Å². The van der Waals surface area contributed by atoms with Crippen LogP contribution < -0.4 is 0 Å². The van der Waals surface area contributed by atoms with Crippen LogP contribution in [-0.4, -0.2) is 29.0 Å². The molecule has 0 spiro atoms. The van der Waals surface area contributed by atoms with Crippen molar-refractivity contribution in [2.24, 2.45) is 11.8 Å². The fraction of sp³-hybridized carbons (Fsp3) is 0.500. The number of aromatic hydroxyl groups is 1. The number of likely N-dealkylation sites (tertiary alicyclic amines) is 1. The quantitative estimate of drug-likeness (QED) is 0.848. The third-order valence-electron chi connectivity index (χ3n) is 4.20. The molecular weight excluding hydrogens is 250 g/mol. The van der Waals surface area contributed by atoms with Gasteiger partial charge in [0.15, 0.2) is 0 Å². The maximum absolute atomic E-state index is 12.4. The van der Waals surface area contributed by atoms with Crippen LogP contribution in [0.2, 0.25) is 5.02 Å². The molecule has 18 heavy (non-hydrogen) atoms. The third kappa shape index (κ3) is 1.97. The van der Waals surface area contributed by atoms with Gasteiger partial charge in [0.2, 0.25) is 0 Å². The van der Waals surface area contributed by atoms with E-state index < -0.39 is 0 Å². The Balaban J connectivity index is 1.81. The zero-order valence-electron chi connectivity index (χ0n) is 10.1. The summed E-state index contributed by atoms with van der Waals surface area (Å²) in [6, 6.07) is 4.62. The molecule has 1 aromatic rings. The molecule has 1 heterocycles.